The van der Waals surface area contributed by atoms with Crippen LogP contribution >= 0.6 is 0 Å². The van der Waals surface area contributed by atoms with E-state index >= 15 is 0 Å². The maximum absolute atomic E-state index is 13.0. The average molecular weight is 347 g/mol. The first kappa shape index (κ1) is 16.3. The normalized spacial score (nSPS) is 16.8. The molecule has 1 aliphatic rings. The molecule has 0 aliphatic carbocycles. The lowest BCUT2D eigenvalue weighted by molar-refractivity contribution is -0.286. The van der Waals surface area contributed by atoms with Gasteiger partial charge in [-0.25, -0.2) is 0 Å². The zero-order valence-electron chi connectivity index (χ0n) is 11.8. The second-order valence-electron chi connectivity index (χ2n) is 4.97. The first-order valence-electron chi connectivity index (χ1n) is 6.64. The Labute approximate surface area is 132 Å². The van der Waals surface area contributed by atoms with Crippen LogP contribution in [0.5, 0.6) is 17.2 Å². The third-order valence-electron chi connectivity index (χ3n) is 3.26. The van der Waals surface area contributed by atoms with Gasteiger partial charge in [-0.15, -0.1) is 22.0 Å². The minimum atomic E-state index is -4.79. The smallest absolute Gasteiger partial charge is 0.406 e. The van der Waals surface area contributed by atoms with Crippen LogP contribution in [0.1, 0.15) is 17.2 Å². The lowest BCUT2D eigenvalue weighted by Crippen LogP contribution is -2.25. The molecule has 0 bridgehead atoms. The minimum Gasteiger partial charge on any atom is -0.406 e. The van der Waals surface area contributed by atoms with Gasteiger partial charge >= 0.3 is 12.7 Å². The Balaban J connectivity index is 1.79. The molecule has 4 nitrogen and oxygen atoms in total. The van der Waals surface area contributed by atoms with Crippen molar-refractivity contribution in [1.29, 1.82) is 0 Å². The van der Waals surface area contributed by atoms with Gasteiger partial charge in [0.1, 0.15) is 5.75 Å². The fourth-order valence-corrected chi connectivity index (χ4v) is 2.23. The summed E-state index contributed by atoms with van der Waals surface area (Å²) in [5.41, 5.74) is 6.91. The van der Waals surface area contributed by atoms with Gasteiger partial charge in [0.2, 0.25) is 0 Å². The first-order chi connectivity index (χ1) is 11.1. The first-order valence-corrected chi connectivity index (χ1v) is 6.64. The Morgan fingerprint density at radius 1 is 0.917 bits per heavy atom. The van der Waals surface area contributed by atoms with Gasteiger partial charge in [0.25, 0.3) is 0 Å². The number of halogens is 5. The molecule has 3 rings (SSSR count). The van der Waals surface area contributed by atoms with E-state index in [0.717, 1.165) is 12.1 Å². The van der Waals surface area contributed by atoms with Crippen LogP contribution in [0.25, 0.3) is 0 Å². The number of alkyl halides is 5. The van der Waals surface area contributed by atoms with E-state index in [1.807, 2.05) is 0 Å². The van der Waals surface area contributed by atoms with Gasteiger partial charge in [-0.05, 0) is 35.4 Å². The number of ether oxygens (including phenoxy) is 3. The van der Waals surface area contributed by atoms with Crippen LogP contribution in [-0.2, 0) is 0 Å². The zero-order chi connectivity index (χ0) is 17.5. The highest BCUT2D eigenvalue weighted by atomic mass is 19.4. The molecule has 0 fully saturated rings. The summed E-state index contributed by atoms with van der Waals surface area (Å²) in [4.78, 5) is 0. The molecule has 0 unspecified atom stereocenters. The van der Waals surface area contributed by atoms with E-state index < -0.39 is 18.7 Å². The Bertz CT molecular complexity index is 746. The Hall–Kier alpha value is -2.55. The Kier molecular flexibility index (Phi) is 3.75. The molecule has 1 atom stereocenters. The van der Waals surface area contributed by atoms with Crippen molar-refractivity contribution in [3.05, 3.63) is 53.6 Å². The molecule has 2 aromatic carbocycles. The van der Waals surface area contributed by atoms with Crippen LogP contribution in [0.15, 0.2) is 42.5 Å². The van der Waals surface area contributed by atoms with Crippen LogP contribution < -0.4 is 19.9 Å². The monoisotopic (exact) mass is 347 g/mol. The second kappa shape index (κ2) is 5.52. The lowest BCUT2D eigenvalue weighted by atomic mass is 9.99. The third-order valence-corrected chi connectivity index (χ3v) is 3.26. The van der Waals surface area contributed by atoms with E-state index in [-0.39, 0.29) is 17.2 Å². The molecule has 9 heteroatoms. The van der Waals surface area contributed by atoms with Gasteiger partial charge in [0, 0.05) is 0 Å². The molecule has 0 saturated carbocycles. The summed E-state index contributed by atoms with van der Waals surface area (Å²) < 4.78 is 74.7. The van der Waals surface area contributed by atoms with Gasteiger partial charge < -0.3 is 19.9 Å². The van der Waals surface area contributed by atoms with Crippen molar-refractivity contribution in [1.82, 2.24) is 0 Å². The third kappa shape index (κ3) is 3.51. The van der Waals surface area contributed by atoms with E-state index in [9.17, 15) is 22.0 Å². The molecule has 0 spiro atoms. The Morgan fingerprint density at radius 2 is 1.50 bits per heavy atom. The van der Waals surface area contributed by atoms with Crippen LogP contribution in [-0.4, -0.2) is 12.7 Å². The van der Waals surface area contributed by atoms with E-state index in [1.54, 1.807) is 0 Å². The van der Waals surface area contributed by atoms with E-state index in [2.05, 4.69) is 14.2 Å². The van der Waals surface area contributed by atoms with Gasteiger partial charge in [-0.2, -0.15) is 0 Å². The summed E-state index contributed by atoms with van der Waals surface area (Å²) in [6.07, 6.45) is -8.52. The standard InChI is InChI=1S/C15H10F5NO3/c16-14(17,18)22-10-4-1-8(2-5-10)13(21)9-3-6-11-12(7-9)24-15(19,20)23-11/h1-7,13H,21H2/t13-/m1/s1. The predicted octanol–water partition coefficient (Wildman–Crippen LogP) is 3.95. The molecule has 1 heterocycles. The van der Waals surface area contributed by atoms with Crippen LogP contribution in [0.4, 0.5) is 22.0 Å². The molecule has 0 amide bonds. The summed E-state index contributed by atoms with van der Waals surface area (Å²) in [6.45, 7) is 0. The predicted molar refractivity (Wildman–Crippen MR) is 71.8 cm³/mol. The quantitative estimate of drug-likeness (QED) is 0.854. The summed E-state index contributed by atoms with van der Waals surface area (Å²) in [6, 6.07) is 8.22. The summed E-state index contributed by atoms with van der Waals surface area (Å²) in [7, 11) is 0. The van der Waals surface area contributed by atoms with Crippen molar-refractivity contribution >= 4 is 0 Å². The largest absolute Gasteiger partial charge is 0.586 e. The molecule has 128 valence electrons. The number of benzene rings is 2. The highest BCUT2D eigenvalue weighted by Gasteiger charge is 2.43. The van der Waals surface area contributed by atoms with E-state index in [4.69, 9.17) is 5.73 Å². The van der Waals surface area contributed by atoms with Gasteiger partial charge in [-0.1, -0.05) is 18.2 Å². The number of fused-ring (bicyclic) bond motifs is 1. The van der Waals surface area contributed by atoms with Crippen LogP contribution in [0.3, 0.4) is 0 Å². The molecule has 24 heavy (non-hydrogen) atoms. The maximum atomic E-state index is 13.0. The molecule has 1 aliphatic heterocycles. The molecule has 2 aromatic rings. The zero-order valence-corrected chi connectivity index (χ0v) is 11.8. The molecule has 0 radical (unpaired) electrons. The summed E-state index contributed by atoms with van der Waals surface area (Å²) in [5.74, 6) is -0.668. The van der Waals surface area contributed by atoms with Gasteiger partial charge in [0.05, 0.1) is 6.04 Å². The van der Waals surface area contributed by atoms with E-state index in [0.29, 0.717) is 11.1 Å². The fourth-order valence-electron chi connectivity index (χ4n) is 2.23. The SMILES string of the molecule is N[C@H](c1ccc(OC(F)(F)F)cc1)c1ccc2c(c1)OC(F)(F)O2. The summed E-state index contributed by atoms with van der Waals surface area (Å²) in [5, 5.41) is 0. The summed E-state index contributed by atoms with van der Waals surface area (Å²) >= 11 is 0. The fraction of sp³-hybridized carbons (Fsp3) is 0.200. The van der Waals surface area contributed by atoms with Crippen LogP contribution in [0, 0.1) is 0 Å². The molecular formula is C15H10F5NO3. The number of nitrogens with two attached hydrogens (primary N) is 1. The average Bonchev–Trinajstić information content (AvgIpc) is 2.78. The molecular weight excluding hydrogens is 337 g/mol. The number of hydrogen-bond acceptors (Lipinski definition) is 4. The van der Waals surface area contributed by atoms with Crippen molar-refractivity contribution in [3.63, 3.8) is 0 Å². The van der Waals surface area contributed by atoms with Gasteiger partial charge in [0.15, 0.2) is 11.5 Å². The van der Waals surface area contributed by atoms with Crippen molar-refractivity contribution in [2.45, 2.75) is 18.7 Å². The van der Waals surface area contributed by atoms with Crippen molar-refractivity contribution < 1.29 is 36.2 Å². The van der Waals surface area contributed by atoms with Crippen molar-refractivity contribution in [3.8, 4) is 17.2 Å². The highest BCUT2D eigenvalue weighted by Crippen LogP contribution is 2.42. The van der Waals surface area contributed by atoms with Crippen molar-refractivity contribution in [2.24, 2.45) is 5.73 Å². The molecule has 0 saturated heterocycles. The second-order valence-corrected chi connectivity index (χ2v) is 4.97. The topological polar surface area (TPSA) is 53.7 Å². The number of hydrogen-bond donors (Lipinski definition) is 1. The highest BCUT2D eigenvalue weighted by molar-refractivity contribution is 5.47. The molecule has 0 aromatic heterocycles. The van der Waals surface area contributed by atoms with Crippen molar-refractivity contribution in [2.75, 3.05) is 0 Å². The lowest BCUT2D eigenvalue weighted by Gasteiger charge is -2.14. The maximum Gasteiger partial charge on any atom is 0.586 e. The Morgan fingerprint density at radius 3 is 2.12 bits per heavy atom. The van der Waals surface area contributed by atoms with Crippen LogP contribution in [0.2, 0.25) is 0 Å². The molecule has 2 N–H and O–H groups in total. The van der Waals surface area contributed by atoms with E-state index in [1.165, 1.54) is 30.3 Å². The number of rotatable bonds is 3. The van der Waals surface area contributed by atoms with Gasteiger partial charge in [-0.3, -0.25) is 0 Å². The minimum absolute atomic E-state index is 0.120.